The third-order valence-electron chi connectivity index (χ3n) is 4.93. The fourth-order valence-electron chi connectivity index (χ4n) is 3.71. The van der Waals surface area contributed by atoms with Crippen molar-refractivity contribution in [3.05, 3.63) is 69.2 Å². The van der Waals surface area contributed by atoms with Gasteiger partial charge in [-0.3, -0.25) is 14.3 Å². The third-order valence-corrected chi connectivity index (χ3v) is 5.24. The average Bonchev–Trinajstić information content (AvgIpc) is 3.11. The highest BCUT2D eigenvalue weighted by Crippen LogP contribution is 2.33. The number of aryl methyl sites for hydroxylation is 1. The van der Waals surface area contributed by atoms with Gasteiger partial charge in [0.25, 0.3) is 5.56 Å². The molecular formula is C20H18ClN3O3. The second-order valence-corrected chi connectivity index (χ2v) is 7.12. The van der Waals surface area contributed by atoms with Gasteiger partial charge in [0, 0.05) is 6.54 Å². The Morgan fingerprint density at radius 2 is 2.04 bits per heavy atom. The van der Waals surface area contributed by atoms with Crippen LogP contribution in [0.3, 0.4) is 0 Å². The first kappa shape index (κ1) is 17.5. The topological polar surface area (TPSA) is 75.4 Å². The number of fused-ring (bicyclic) bond motifs is 1. The summed E-state index contributed by atoms with van der Waals surface area (Å²) < 4.78 is 1.51. The summed E-state index contributed by atoms with van der Waals surface area (Å²) in [5.74, 6) is 0.431. The number of carbonyl (C=O) groups is 1. The van der Waals surface area contributed by atoms with Crippen LogP contribution in [0, 0.1) is 6.92 Å². The highest BCUT2D eigenvalue weighted by atomic mass is 35.5. The first-order valence-electron chi connectivity index (χ1n) is 8.75. The Labute approximate surface area is 160 Å². The number of carboxylic acid groups (broad SMARTS) is 1. The van der Waals surface area contributed by atoms with Crippen LogP contribution < -0.4 is 5.56 Å². The van der Waals surface area contributed by atoms with Gasteiger partial charge < -0.3 is 5.11 Å². The highest BCUT2D eigenvalue weighted by molar-refractivity contribution is 6.35. The van der Waals surface area contributed by atoms with E-state index in [-0.39, 0.29) is 5.56 Å². The van der Waals surface area contributed by atoms with E-state index in [0.29, 0.717) is 40.4 Å². The van der Waals surface area contributed by atoms with Gasteiger partial charge in [-0.25, -0.2) is 9.78 Å². The van der Waals surface area contributed by atoms with Gasteiger partial charge in [-0.2, -0.15) is 0 Å². The summed E-state index contributed by atoms with van der Waals surface area (Å²) in [6, 6.07) is 12.2. The predicted octanol–water partition coefficient (Wildman–Crippen LogP) is 4.16. The quantitative estimate of drug-likeness (QED) is 0.720. The number of rotatable bonds is 2. The summed E-state index contributed by atoms with van der Waals surface area (Å²) in [5.41, 5.74) is 1.83. The van der Waals surface area contributed by atoms with Crippen molar-refractivity contribution in [3.63, 3.8) is 0 Å². The van der Waals surface area contributed by atoms with E-state index in [9.17, 15) is 14.7 Å². The van der Waals surface area contributed by atoms with Crippen LogP contribution in [0.1, 0.15) is 30.3 Å². The zero-order valence-electron chi connectivity index (χ0n) is 14.7. The lowest BCUT2D eigenvalue weighted by Crippen LogP contribution is -2.34. The molecule has 4 rings (SSSR count). The molecule has 138 valence electrons. The first-order chi connectivity index (χ1) is 13.0. The molecule has 1 aromatic heterocycles. The van der Waals surface area contributed by atoms with Crippen molar-refractivity contribution >= 4 is 28.6 Å². The molecule has 0 spiro atoms. The smallest absolute Gasteiger partial charge is 0.407 e. The van der Waals surface area contributed by atoms with E-state index in [1.807, 2.05) is 31.2 Å². The van der Waals surface area contributed by atoms with Crippen LogP contribution in [0.5, 0.6) is 0 Å². The molecule has 1 aliphatic rings. The van der Waals surface area contributed by atoms with Crippen LogP contribution in [0.4, 0.5) is 4.79 Å². The van der Waals surface area contributed by atoms with E-state index >= 15 is 0 Å². The average molecular weight is 384 g/mol. The number of hydrogen-bond acceptors (Lipinski definition) is 3. The normalized spacial score (nSPS) is 16.8. The van der Waals surface area contributed by atoms with E-state index in [0.717, 1.165) is 12.0 Å². The highest BCUT2D eigenvalue weighted by Gasteiger charge is 2.34. The lowest BCUT2D eigenvalue weighted by molar-refractivity contribution is 0.138. The standard InChI is InChI=1S/C20H18ClN3O3/c1-12-5-2-6-13(11-12)24-18(16-9-4-10-23(16)20(26)27)22-15-8-3-7-14(21)17(15)19(24)25/h2-3,5-8,11,16H,4,9-10H2,1H3,(H,26,27)/t16-/m0/s1. The lowest BCUT2D eigenvalue weighted by Gasteiger charge is -2.24. The summed E-state index contributed by atoms with van der Waals surface area (Å²) >= 11 is 6.29. The summed E-state index contributed by atoms with van der Waals surface area (Å²) in [4.78, 5) is 31.1. The van der Waals surface area contributed by atoms with Gasteiger partial charge in [0.1, 0.15) is 5.82 Å². The van der Waals surface area contributed by atoms with Gasteiger partial charge in [0.2, 0.25) is 0 Å². The molecular weight excluding hydrogens is 366 g/mol. The summed E-state index contributed by atoms with van der Waals surface area (Å²) in [6.07, 6.45) is 0.346. The minimum absolute atomic E-state index is 0.288. The van der Waals surface area contributed by atoms with Gasteiger partial charge in [-0.1, -0.05) is 29.8 Å². The Morgan fingerprint density at radius 1 is 1.26 bits per heavy atom. The maximum atomic E-state index is 13.4. The van der Waals surface area contributed by atoms with Crippen molar-refractivity contribution in [1.82, 2.24) is 14.5 Å². The molecule has 0 radical (unpaired) electrons. The summed E-state index contributed by atoms with van der Waals surface area (Å²) in [6.45, 7) is 2.37. The fourth-order valence-corrected chi connectivity index (χ4v) is 3.96. The largest absolute Gasteiger partial charge is 0.465 e. The van der Waals surface area contributed by atoms with E-state index < -0.39 is 12.1 Å². The van der Waals surface area contributed by atoms with Crippen LogP contribution in [0.2, 0.25) is 5.02 Å². The number of amides is 1. The molecule has 3 aromatic rings. The van der Waals surface area contributed by atoms with E-state index in [4.69, 9.17) is 16.6 Å². The molecule has 0 saturated carbocycles. The van der Waals surface area contributed by atoms with E-state index in [1.165, 1.54) is 9.47 Å². The maximum Gasteiger partial charge on any atom is 0.407 e. The molecule has 1 N–H and O–H groups in total. The van der Waals surface area contributed by atoms with Crippen LogP contribution in [0.25, 0.3) is 16.6 Å². The predicted molar refractivity (Wildman–Crippen MR) is 104 cm³/mol. The van der Waals surface area contributed by atoms with E-state index in [2.05, 4.69) is 0 Å². The zero-order valence-corrected chi connectivity index (χ0v) is 15.5. The molecule has 1 fully saturated rings. The second kappa shape index (κ2) is 6.70. The number of benzene rings is 2. The van der Waals surface area contributed by atoms with Crippen LogP contribution in [-0.2, 0) is 0 Å². The zero-order chi connectivity index (χ0) is 19.1. The molecule has 1 amide bonds. The van der Waals surface area contributed by atoms with Crippen molar-refractivity contribution in [2.45, 2.75) is 25.8 Å². The van der Waals surface area contributed by atoms with Crippen molar-refractivity contribution < 1.29 is 9.90 Å². The Bertz CT molecular complexity index is 1110. The molecule has 1 saturated heterocycles. The second-order valence-electron chi connectivity index (χ2n) is 6.72. The van der Waals surface area contributed by atoms with Crippen LogP contribution in [0.15, 0.2) is 47.3 Å². The number of nitrogens with zero attached hydrogens (tertiary/aromatic N) is 3. The lowest BCUT2D eigenvalue weighted by atomic mass is 10.1. The molecule has 0 bridgehead atoms. The van der Waals surface area contributed by atoms with E-state index in [1.54, 1.807) is 18.2 Å². The molecule has 2 aromatic carbocycles. The molecule has 1 atom stereocenters. The van der Waals surface area contributed by atoms with Crippen molar-refractivity contribution in [1.29, 1.82) is 0 Å². The molecule has 0 unspecified atom stereocenters. The van der Waals surface area contributed by atoms with Crippen LogP contribution >= 0.6 is 11.6 Å². The third kappa shape index (κ3) is 2.96. The Morgan fingerprint density at radius 3 is 2.78 bits per heavy atom. The number of likely N-dealkylation sites (tertiary alicyclic amines) is 1. The number of hydrogen-bond donors (Lipinski definition) is 1. The van der Waals surface area contributed by atoms with Gasteiger partial charge in [0.05, 0.1) is 27.7 Å². The summed E-state index contributed by atoms with van der Waals surface area (Å²) in [7, 11) is 0. The minimum Gasteiger partial charge on any atom is -0.465 e. The van der Waals surface area contributed by atoms with Gasteiger partial charge in [-0.15, -0.1) is 0 Å². The SMILES string of the molecule is Cc1cccc(-n2c([C@@H]3CCCN3C(=O)O)nc3cccc(Cl)c3c2=O)c1. The Balaban J connectivity index is 2.06. The van der Waals surface area contributed by atoms with Gasteiger partial charge in [0.15, 0.2) is 0 Å². The summed E-state index contributed by atoms with van der Waals surface area (Å²) in [5, 5.41) is 10.2. The molecule has 27 heavy (non-hydrogen) atoms. The monoisotopic (exact) mass is 383 g/mol. The minimum atomic E-state index is -1.01. The molecule has 2 heterocycles. The van der Waals surface area contributed by atoms with Crippen molar-refractivity contribution in [3.8, 4) is 5.69 Å². The molecule has 1 aliphatic heterocycles. The molecule has 6 nitrogen and oxygen atoms in total. The van der Waals surface area contributed by atoms with Crippen LogP contribution in [-0.4, -0.2) is 32.2 Å². The molecule has 0 aliphatic carbocycles. The Hall–Kier alpha value is -2.86. The maximum absolute atomic E-state index is 13.4. The van der Waals surface area contributed by atoms with Crippen molar-refractivity contribution in [2.75, 3.05) is 6.54 Å². The molecule has 7 heteroatoms. The Kier molecular flexibility index (Phi) is 4.36. The first-order valence-corrected chi connectivity index (χ1v) is 9.13. The fraction of sp³-hybridized carbons (Fsp3) is 0.250. The number of aromatic nitrogens is 2. The van der Waals surface area contributed by atoms with Gasteiger partial charge >= 0.3 is 6.09 Å². The number of halogens is 1. The van der Waals surface area contributed by atoms with Gasteiger partial charge in [-0.05, 0) is 49.6 Å². The van der Waals surface area contributed by atoms with Crippen molar-refractivity contribution in [2.24, 2.45) is 0 Å².